The van der Waals surface area contributed by atoms with Gasteiger partial charge in [0.1, 0.15) is 12.4 Å². The molecular weight excluding hydrogens is 250 g/mol. The summed E-state index contributed by atoms with van der Waals surface area (Å²) in [6, 6.07) is 9.69. The molecule has 3 nitrogen and oxygen atoms in total. The van der Waals surface area contributed by atoms with Crippen molar-refractivity contribution in [2.24, 2.45) is 5.92 Å². The van der Waals surface area contributed by atoms with Crippen LogP contribution in [0.4, 0.5) is 0 Å². The molecule has 0 heterocycles. The summed E-state index contributed by atoms with van der Waals surface area (Å²) in [4.78, 5) is 11.7. The van der Waals surface area contributed by atoms with Gasteiger partial charge in [-0.25, -0.2) is 0 Å². The van der Waals surface area contributed by atoms with Crippen LogP contribution < -0.4 is 10.1 Å². The van der Waals surface area contributed by atoms with Crippen molar-refractivity contribution in [1.29, 1.82) is 0 Å². The molecule has 0 radical (unpaired) electrons. The summed E-state index contributed by atoms with van der Waals surface area (Å²) >= 11 is 0. The Hall–Kier alpha value is -1.51. The largest absolute Gasteiger partial charge is 0.492 e. The predicted molar refractivity (Wildman–Crippen MR) is 80.8 cm³/mol. The number of benzene rings is 1. The van der Waals surface area contributed by atoms with E-state index in [9.17, 15) is 4.79 Å². The van der Waals surface area contributed by atoms with Gasteiger partial charge in [-0.1, -0.05) is 50.3 Å². The molecule has 0 saturated heterocycles. The van der Waals surface area contributed by atoms with Crippen molar-refractivity contribution in [2.45, 2.75) is 44.9 Å². The molecule has 1 aliphatic carbocycles. The number of carbonyl (C=O) groups excluding carboxylic acids is 1. The zero-order valence-corrected chi connectivity index (χ0v) is 12.1. The molecule has 1 saturated carbocycles. The molecule has 1 N–H and O–H groups in total. The normalized spacial score (nSPS) is 15.8. The third-order valence-electron chi connectivity index (χ3n) is 3.94. The highest BCUT2D eigenvalue weighted by Gasteiger charge is 2.14. The highest BCUT2D eigenvalue weighted by molar-refractivity contribution is 5.75. The summed E-state index contributed by atoms with van der Waals surface area (Å²) in [6.07, 6.45) is 8.39. The quantitative estimate of drug-likeness (QED) is 0.773. The van der Waals surface area contributed by atoms with E-state index in [0.717, 1.165) is 18.1 Å². The summed E-state index contributed by atoms with van der Waals surface area (Å²) in [6.45, 7) is 1.11. The first-order valence-electron chi connectivity index (χ1n) is 7.79. The molecule has 1 fully saturated rings. The Bertz CT molecular complexity index is 385. The van der Waals surface area contributed by atoms with E-state index in [1.54, 1.807) is 0 Å². The fourth-order valence-corrected chi connectivity index (χ4v) is 2.78. The van der Waals surface area contributed by atoms with Crippen LogP contribution in [0.1, 0.15) is 44.9 Å². The van der Waals surface area contributed by atoms with Crippen molar-refractivity contribution in [2.75, 3.05) is 13.2 Å². The van der Waals surface area contributed by atoms with Gasteiger partial charge in [-0.3, -0.25) is 4.79 Å². The van der Waals surface area contributed by atoms with E-state index in [0.29, 0.717) is 19.6 Å². The standard InChI is InChI=1S/C17H25NO2/c19-17(12-11-15-7-3-1-4-8-15)18-13-14-20-16-9-5-2-6-10-16/h2,5-6,9-10,15H,1,3-4,7-8,11-14H2,(H,18,19). The van der Waals surface area contributed by atoms with Crippen LogP contribution in [-0.2, 0) is 4.79 Å². The molecule has 0 aliphatic heterocycles. The molecule has 0 spiro atoms. The van der Waals surface area contributed by atoms with E-state index < -0.39 is 0 Å². The van der Waals surface area contributed by atoms with Crippen LogP contribution in [0.3, 0.4) is 0 Å². The Kier molecular flexibility index (Phi) is 6.42. The first-order chi connectivity index (χ1) is 9.84. The number of para-hydroxylation sites is 1. The van der Waals surface area contributed by atoms with Gasteiger partial charge in [0.25, 0.3) is 0 Å². The number of hydrogen-bond donors (Lipinski definition) is 1. The summed E-state index contributed by atoms with van der Waals surface area (Å²) in [5.74, 6) is 1.78. The van der Waals surface area contributed by atoms with Gasteiger partial charge in [-0.15, -0.1) is 0 Å². The fourth-order valence-electron chi connectivity index (χ4n) is 2.78. The molecule has 1 aliphatic rings. The van der Waals surface area contributed by atoms with E-state index in [-0.39, 0.29) is 5.91 Å². The van der Waals surface area contributed by atoms with Crippen molar-refractivity contribution < 1.29 is 9.53 Å². The molecule has 1 aromatic carbocycles. The van der Waals surface area contributed by atoms with Crippen LogP contribution in [0, 0.1) is 5.92 Å². The molecule has 0 atom stereocenters. The third-order valence-corrected chi connectivity index (χ3v) is 3.94. The van der Waals surface area contributed by atoms with Crippen molar-refractivity contribution in [1.82, 2.24) is 5.32 Å². The lowest BCUT2D eigenvalue weighted by Gasteiger charge is -2.20. The average molecular weight is 275 g/mol. The van der Waals surface area contributed by atoms with Crippen LogP contribution in [0.2, 0.25) is 0 Å². The Morgan fingerprint density at radius 3 is 2.65 bits per heavy atom. The fraction of sp³-hybridized carbons (Fsp3) is 0.588. The molecule has 1 amide bonds. The Morgan fingerprint density at radius 1 is 1.15 bits per heavy atom. The molecule has 0 bridgehead atoms. The number of rotatable bonds is 7. The summed E-state index contributed by atoms with van der Waals surface area (Å²) < 4.78 is 5.54. The number of amides is 1. The second-order valence-corrected chi connectivity index (χ2v) is 5.55. The van der Waals surface area contributed by atoms with Crippen LogP contribution in [0.5, 0.6) is 5.75 Å². The predicted octanol–water partition coefficient (Wildman–Crippen LogP) is 3.54. The van der Waals surface area contributed by atoms with Gasteiger partial charge in [0.15, 0.2) is 0 Å². The van der Waals surface area contributed by atoms with Crippen LogP contribution in [-0.4, -0.2) is 19.1 Å². The first kappa shape index (κ1) is 14.9. The second kappa shape index (κ2) is 8.62. The molecular formula is C17H25NO2. The lowest BCUT2D eigenvalue weighted by Crippen LogP contribution is -2.28. The van der Waals surface area contributed by atoms with E-state index in [1.165, 1.54) is 32.1 Å². The zero-order chi connectivity index (χ0) is 14.0. The van der Waals surface area contributed by atoms with Crippen molar-refractivity contribution in [3.05, 3.63) is 30.3 Å². The van der Waals surface area contributed by atoms with E-state index in [4.69, 9.17) is 4.74 Å². The summed E-state index contributed by atoms with van der Waals surface area (Å²) in [5, 5.41) is 2.93. The van der Waals surface area contributed by atoms with Crippen LogP contribution in [0.25, 0.3) is 0 Å². The monoisotopic (exact) mass is 275 g/mol. The van der Waals surface area contributed by atoms with Crippen molar-refractivity contribution in [3.63, 3.8) is 0 Å². The SMILES string of the molecule is O=C(CCC1CCCCC1)NCCOc1ccccc1. The minimum absolute atomic E-state index is 0.159. The number of carbonyl (C=O) groups is 1. The molecule has 0 aromatic heterocycles. The highest BCUT2D eigenvalue weighted by Crippen LogP contribution is 2.27. The van der Waals surface area contributed by atoms with Gasteiger partial charge in [0.2, 0.25) is 5.91 Å². The number of nitrogens with one attached hydrogen (secondary N) is 1. The van der Waals surface area contributed by atoms with Crippen molar-refractivity contribution in [3.8, 4) is 5.75 Å². The first-order valence-corrected chi connectivity index (χ1v) is 7.79. The lowest BCUT2D eigenvalue weighted by atomic mass is 9.86. The second-order valence-electron chi connectivity index (χ2n) is 5.55. The zero-order valence-electron chi connectivity index (χ0n) is 12.1. The smallest absolute Gasteiger partial charge is 0.220 e. The van der Waals surface area contributed by atoms with E-state index in [1.807, 2.05) is 30.3 Å². The molecule has 20 heavy (non-hydrogen) atoms. The average Bonchev–Trinajstić information content (AvgIpc) is 2.52. The summed E-state index contributed by atoms with van der Waals surface area (Å²) in [7, 11) is 0. The topological polar surface area (TPSA) is 38.3 Å². The Balaban J connectivity index is 1.51. The molecule has 110 valence electrons. The lowest BCUT2D eigenvalue weighted by molar-refractivity contribution is -0.121. The molecule has 0 unspecified atom stereocenters. The minimum Gasteiger partial charge on any atom is -0.492 e. The highest BCUT2D eigenvalue weighted by atomic mass is 16.5. The van der Waals surface area contributed by atoms with Gasteiger partial charge in [0, 0.05) is 6.42 Å². The van der Waals surface area contributed by atoms with Gasteiger partial charge >= 0.3 is 0 Å². The Labute approximate surface area is 121 Å². The van der Waals surface area contributed by atoms with Crippen LogP contribution >= 0.6 is 0 Å². The third kappa shape index (κ3) is 5.64. The maximum atomic E-state index is 11.7. The van der Waals surface area contributed by atoms with Gasteiger partial charge in [0.05, 0.1) is 6.54 Å². The maximum Gasteiger partial charge on any atom is 0.220 e. The van der Waals surface area contributed by atoms with Gasteiger partial charge < -0.3 is 10.1 Å². The van der Waals surface area contributed by atoms with Crippen LogP contribution in [0.15, 0.2) is 30.3 Å². The van der Waals surface area contributed by atoms with Crippen molar-refractivity contribution >= 4 is 5.91 Å². The van der Waals surface area contributed by atoms with E-state index in [2.05, 4.69) is 5.32 Å². The number of ether oxygens (including phenoxy) is 1. The van der Waals surface area contributed by atoms with Gasteiger partial charge in [-0.05, 0) is 24.5 Å². The Morgan fingerprint density at radius 2 is 1.90 bits per heavy atom. The number of hydrogen-bond acceptors (Lipinski definition) is 2. The minimum atomic E-state index is 0.159. The van der Waals surface area contributed by atoms with Gasteiger partial charge in [-0.2, -0.15) is 0 Å². The molecule has 1 aromatic rings. The van der Waals surface area contributed by atoms with E-state index >= 15 is 0 Å². The molecule has 2 rings (SSSR count). The summed E-state index contributed by atoms with van der Waals surface area (Å²) in [5.41, 5.74) is 0. The molecule has 3 heteroatoms. The maximum absolute atomic E-state index is 11.7.